The Bertz CT molecular complexity index is 1210. The second kappa shape index (κ2) is 11.2. The van der Waals surface area contributed by atoms with Crippen LogP contribution in [0.1, 0.15) is 29.8 Å². The Labute approximate surface area is 211 Å². The summed E-state index contributed by atoms with van der Waals surface area (Å²) in [6.07, 6.45) is 1.27. The molecule has 6 nitrogen and oxygen atoms in total. The zero-order valence-electron chi connectivity index (χ0n) is 19.9. The minimum absolute atomic E-state index is 0.0785. The van der Waals surface area contributed by atoms with E-state index in [1.54, 1.807) is 18.2 Å². The summed E-state index contributed by atoms with van der Waals surface area (Å²) in [4.78, 5) is 15.3. The van der Waals surface area contributed by atoms with E-state index in [-0.39, 0.29) is 12.5 Å². The van der Waals surface area contributed by atoms with E-state index >= 15 is 0 Å². The van der Waals surface area contributed by atoms with Crippen molar-refractivity contribution in [3.63, 3.8) is 0 Å². The zero-order chi connectivity index (χ0) is 24.8. The highest BCUT2D eigenvalue weighted by atomic mass is 35.5. The van der Waals surface area contributed by atoms with Gasteiger partial charge in [0.25, 0.3) is 5.91 Å². The Morgan fingerprint density at radius 3 is 2.54 bits per heavy atom. The summed E-state index contributed by atoms with van der Waals surface area (Å²) in [6, 6.07) is 23.2. The van der Waals surface area contributed by atoms with Crippen molar-refractivity contribution in [2.75, 3.05) is 20.3 Å². The van der Waals surface area contributed by atoms with Crippen LogP contribution >= 0.6 is 11.6 Å². The average molecular weight is 490 g/mol. The molecule has 0 unspecified atom stereocenters. The summed E-state index contributed by atoms with van der Waals surface area (Å²) in [5, 5.41) is 6.98. The molecule has 1 fully saturated rings. The van der Waals surface area contributed by atoms with E-state index in [9.17, 15) is 4.79 Å². The van der Waals surface area contributed by atoms with Gasteiger partial charge in [-0.2, -0.15) is 5.10 Å². The van der Waals surface area contributed by atoms with Gasteiger partial charge in [-0.25, -0.2) is 5.01 Å². The van der Waals surface area contributed by atoms with E-state index < -0.39 is 6.17 Å². The molecule has 1 aliphatic rings. The van der Waals surface area contributed by atoms with Crippen molar-refractivity contribution in [3.8, 4) is 11.5 Å². The molecule has 0 saturated carbocycles. The second-order valence-electron chi connectivity index (χ2n) is 8.20. The minimum atomic E-state index is -0.410. The maximum atomic E-state index is 13.2. The molecule has 0 radical (unpaired) electrons. The minimum Gasteiger partial charge on any atom is -0.493 e. The zero-order valence-corrected chi connectivity index (χ0v) is 20.6. The first-order valence-corrected chi connectivity index (χ1v) is 11.7. The standard InChI is InChI=1S/C28H28ClN3O3/c1-4-16-35-25-15-12-23(17-26(25)34-3)28-31(18-21-8-6-5-7-9-21)19-27(33)32(28)30-20(2)22-10-13-24(29)14-11-22/h4-15,17,28H,1,16,18-19H2,2-3H3/b30-20-/t28-/m1/s1. The lowest BCUT2D eigenvalue weighted by molar-refractivity contribution is -0.128. The molecule has 4 rings (SSSR count). The van der Waals surface area contributed by atoms with E-state index in [2.05, 4.69) is 23.6 Å². The molecule has 7 heteroatoms. The third kappa shape index (κ3) is 5.73. The Balaban J connectivity index is 1.73. The van der Waals surface area contributed by atoms with E-state index in [1.807, 2.05) is 67.6 Å². The molecule has 0 bridgehead atoms. The summed E-state index contributed by atoms with van der Waals surface area (Å²) >= 11 is 6.04. The van der Waals surface area contributed by atoms with Crippen molar-refractivity contribution in [1.82, 2.24) is 9.91 Å². The SMILES string of the molecule is C=CCOc1ccc([C@@H]2N(Cc3ccccc3)CC(=O)N2/N=C(/C)c2ccc(Cl)cc2)cc1OC. The monoisotopic (exact) mass is 489 g/mol. The van der Waals surface area contributed by atoms with Crippen LogP contribution in [0.15, 0.2) is 90.6 Å². The van der Waals surface area contributed by atoms with Gasteiger partial charge in [-0.05, 0) is 47.9 Å². The highest BCUT2D eigenvalue weighted by Gasteiger charge is 2.39. The molecule has 3 aromatic rings. The van der Waals surface area contributed by atoms with Crippen LogP contribution in [0, 0.1) is 0 Å². The van der Waals surface area contributed by atoms with Crippen molar-refractivity contribution in [2.45, 2.75) is 19.6 Å². The third-order valence-electron chi connectivity index (χ3n) is 5.76. The first-order chi connectivity index (χ1) is 17.0. The lowest BCUT2D eigenvalue weighted by Crippen LogP contribution is -2.29. The van der Waals surface area contributed by atoms with Crippen molar-refractivity contribution in [3.05, 3.63) is 107 Å². The van der Waals surface area contributed by atoms with Crippen molar-refractivity contribution >= 4 is 23.2 Å². The Kier molecular flexibility index (Phi) is 7.85. The van der Waals surface area contributed by atoms with Crippen molar-refractivity contribution < 1.29 is 14.3 Å². The van der Waals surface area contributed by atoms with Gasteiger partial charge in [-0.1, -0.05) is 72.8 Å². The maximum Gasteiger partial charge on any atom is 0.258 e. The summed E-state index contributed by atoms with van der Waals surface area (Å²) in [5.41, 5.74) is 3.61. The fourth-order valence-electron chi connectivity index (χ4n) is 4.07. The first kappa shape index (κ1) is 24.5. The Morgan fingerprint density at radius 1 is 1.11 bits per heavy atom. The van der Waals surface area contributed by atoms with E-state index in [1.165, 1.54) is 0 Å². The van der Waals surface area contributed by atoms with Crippen LogP contribution in [0.3, 0.4) is 0 Å². The first-order valence-electron chi connectivity index (χ1n) is 11.3. The van der Waals surface area contributed by atoms with Crippen LogP contribution in [0.25, 0.3) is 0 Å². The number of hydrogen-bond donors (Lipinski definition) is 0. The molecule has 1 saturated heterocycles. The van der Waals surface area contributed by atoms with Crippen LogP contribution in [-0.4, -0.2) is 41.8 Å². The van der Waals surface area contributed by atoms with Gasteiger partial charge in [0.1, 0.15) is 12.8 Å². The molecule has 35 heavy (non-hydrogen) atoms. The van der Waals surface area contributed by atoms with Gasteiger partial charge in [0, 0.05) is 11.6 Å². The average Bonchev–Trinajstić information content (AvgIpc) is 3.17. The van der Waals surface area contributed by atoms with Crippen LogP contribution in [-0.2, 0) is 11.3 Å². The number of methoxy groups -OCH3 is 1. The Hall–Kier alpha value is -3.61. The number of carbonyl (C=O) groups is 1. The quantitative estimate of drug-likeness (QED) is 0.286. The lowest BCUT2D eigenvalue weighted by atomic mass is 10.1. The molecule has 1 heterocycles. The number of hydrogen-bond acceptors (Lipinski definition) is 5. The number of benzene rings is 3. The predicted octanol–water partition coefficient (Wildman–Crippen LogP) is 5.68. The van der Waals surface area contributed by atoms with Crippen LogP contribution in [0.5, 0.6) is 11.5 Å². The lowest BCUT2D eigenvalue weighted by Gasteiger charge is -2.28. The highest BCUT2D eigenvalue weighted by molar-refractivity contribution is 6.30. The van der Waals surface area contributed by atoms with Crippen LogP contribution in [0.2, 0.25) is 5.02 Å². The fraction of sp³-hybridized carbons (Fsp3) is 0.214. The van der Waals surface area contributed by atoms with Crippen molar-refractivity contribution in [1.29, 1.82) is 0 Å². The summed E-state index contributed by atoms with van der Waals surface area (Å²) in [7, 11) is 1.60. The molecule has 0 aromatic heterocycles. The summed E-state index contributed by atoms with van der Waals surface area (Å²) < 4.78 is 11.3. The number of carbonyl (C=O) groups excluding carboxylic acids is 1. The molecule has 1 amide bonds. The number of amides is 1. The molecular weight excluding hydrogens is 462 g/mol. The number of halogens is 1. The second-order valence-corrected chi connectivity index (χ2v) is 8.64. The van der Waals surface area contributed by atoms with Gasteiger partial charge >= 0.3 is 0 Å². The van der Waals surface area contributed by atoms with Gasteiger partial charge in [-0.3, -0.25) is 9.69 Å². The van der Waals surface area contributed by atoms with Crippen LogP contribution in [0.4, 0.5) is 0 Å². The van der Waals surface area contributed by atoms with Gasteiger partial charge in [0.2, 0.25) is 0 Å². The van der Waals surface area contributed by atoms with Gasteiger partial charge in [-0.15, -0.1) is 0 Å². The normalized spacial score (nSPS) is 16.4. The third-order valence-corrected chi connectivity index (χ3v) is 6.01. The fourth-order valence-corrected chi connectivity index (χ4v) is 4.20. The molecule has 0 spiro atoms. The molecule has 0 aliphatic carbocycles. The van der Waals surface area contributed by atoms with Gasteiger partial charge in [0.15, 0.2) is 11.5 Å². The topological polar surface area (TPSA) is 54.4 Å². The number of nitrogens with zero attached hydrogens (tertiary/aromatic N) is 3. The van der Waals surface area contributed by atoms with E-state index in [0.717, 1.165) is 22.4 Å². The smallest absolute Gasteiger partial charge is 0.258 e. The van der Waals surface area contributed by atoms with Crippen molar-refractivity contribution in [2.24, 2.45) is 5.10 Å². The van der Waals surface area contributed by atoms with Crippen LogP contribution < -0.4 is 9.47 Å². The Morgan fingerprint density at radius 2 is 1.86 bits per heavy atom. The maximum absolute atomic E-state index is 13.2. The highest BCUT2D eigenvalue weighted by Crippen LogP contribution is 2.37. The number of rotatable bonds is 9. The van der Waals surface area contributed by atoms with Gasteiger partial charge < -0.3 is 9.47 Å². The van der Waals surface area contributed by atoms with E-state index in [4.69, 9.17) is 26.2 Å². The molecule has 0 N–H and O–H groups in total. The van der Waals surface area contributed by atoms with Gasteiger partial charge in [0.05, 0.1) is 19.4 Å². The number of ether oxygens (including phenoxy) is 2. The predicted molar refractivity (Wildman–Crippen MR) is 139 cm³/mol. The molecule has 3 aromatic carbocycles. The molecule has 180 valence electrons. The molecular formula is C28H28ClN3O3. The van der Waals surface area contributed by atoms with E-state index in [0.29, 0.717) is 29.7 Å². The summed E-state index contributed by atoms with van der Waals surface area (Å²) in [5.74, 6) is 1.12. The molecule has 1 atom stereocenters. The number of hydrazone groups is 1. The molecule has 1 aliphatic heterocycles. The largest absolute Gasteiger partial charge is 0.493 e. The summed E-state index contributed by atoms with van der Waals surface area (Å²) in [6.45, 7) is 6.80.